The number of para-hydroxylation sites is 1. The molecular weight excluding hydrogens is 457 g/mol. The van der Waals surface area contributed by atoms with Gasteiger partial charge in [-0.05, 0) is 31.9 Å². The lowest BCUT2D eigenvalue weighted by molar-refractivity contribution is 0.796. The zero-order valence-corrected chi connectivity index (χ0v) is 18.4. The minimum Gasteiger partial charge on any atom is -0.361 e. The zero-order valence-electron chi connectivity index (χ0n) is 15.2. The molecule has 2 heterocycles. The van der Waals surface area contributed by atoms with Gasteiger partial charge in [-0.25, -0.2) is 4.98 Å². The molecule has 0 radical (unpaired) electrons. The largest absolute Gasteiger partial charge is 0.361 e. The van der Waals surface area contributed by atoms with Crippen LogP contribution in [0.2, 0.25) is 0 Å². The maximum Gasteiger partial charge on any atom is 0.191 e. The van der Waals surface area contributed by atoms with Crippen molar-refractivity contribution in [3.05, 3.63) is 52.1 Å². The number of benzene rings is 1. The number of hydrogen-bond donors (Lipinski definition) is 3. The maximum atomic E-state index is 4.65. The Labute approximate surface area is 175 Å². The molecule has 0 saturated carbocycles. The molecular formula is C19H26IN5S. The highest BCUT2D eigenvalue weighted by atomic mass is 127. The molecule has 5 nitrogen and oxygen atoms in total. The van der Waals surface area contributed by atoms with Gasteiger partial charge in [-0.15, -0.1) is 35.3 Å². The van der Waals surface area contributed by atoms with Gasteiger partial charge in [0.25, 0.3) is 0 Å². The van der Waals surface area contributed by atoms with E-state index in [4.69, 9.17) is 0 Å². The number of nitrogens with zero attached hydrogens (tertiary/aromatic N) is 2. The Bertz CT molecular complexity index is 839. The molecule has 0 atom stereocenters. The molecule has 0 aliphatic carbocycles. The fraction of sp³-hybridized carbons (Fsp3) is 0.368. The average Bonchev–Trinajstić information content (AvgIpc) is 3.21. The summed E-state index contributed by atoms with van der Waals surface area (Å²) < 4.78 is 0. The van der Waals surface area contributed by atoms with Crippen LogP contribution in [0, 0.1) is 6.92 Å². The Morgan fingerprint density at radius 2 is 2.08 bits per heavy atom. The van der Waals surface area contributed by atoms with Gasteiger partial charge in [-0.3, -0.25) is 4.99 Å². The van der Waals surface area contributed by atoms with Crippen LogP contribution in [0.25, 0.3) is 10.9 Å². The second-order valence-corrected chi connectivity index (χ2v) is 6.97. The molecule has 0 bridgehead atoms. The number of nitrogens with one attached hydrogen (secondary N) is 3. The van der Waals surface area contributed by atoms with E-state index >= 15 is 0 Å². The molecule has 1 aromatic carbocycles. The molecule has 26 heavy (non-hydrogen) atoms. The molecule has 3 rings (SSSR count). The number of aryl methyl sites for hydroxylation is 1. The molecule has 0 fully saturated rings. The van der Waals surface area contributed by atoms with E-state index in [1.807, 2.05) is 6.92 Å². The van der Waals surface area contributed by atoms with Crippen LogP contribution >= 0.6 is 35.3 Å². The van der Waals surface area contributed by atoms with Crippen LogP contribution in [0.4, 0.5) is 0 Å². The van der Waals surface area contributed by atoms with Crippen LogP contribution in [0.1, 0.15) is 23.2 Å². The Morgan fingerprint density at radius 1 is 1.23 bits per heavy atom. The summed E-state index contributed by atoms with van der Waals surface area (Å²) in [7, 11) is 0. The number of rotatable bonds is 7. The summed E-state index contributed by atoms with van der Waals surface area (Å²) in [5.74, 6) is 0.870. The van der Waals surface area contributed by atoms with E-state index in [1.54, 1.807) is 11.3 Å². The zero-order chi connectivity index (χ0) is 17.5. The summed E-state index contributed by atoms with van der Waals surface area (Å²) in [4.78, 5) is 12.5. The SMILES string of the molecule is CCNC(=NCCc1csc(C)n1)NCCc1c[nH]c2ccccc12.I. The molecule has 2 aromatic heterocycles. The van der Waals surface area contributed by atoms with Crippen molar-refractivity contribution in [1.29, 1.82) is 0 Å². The molecule has 3 N–H and O–H groups in total. The number of hydrogen-bond acceptors (Lipinski definition) is 3. The quantitative estimate of drug-likeness (QED) is 0.272. The summed E-state index contributed by atoms with van der Waals surface area (Å²) >= 11 is 1.69. The third kappa shape index (κ3) is 5.70. The first kappa shape index (κ1) is 20.7. The van der Waals surface area contributed by atoms with Crippen LogP contribution < -0.4 is 10.6 Å². The van der Waals surface area contributed by atoms with Crippen LogP contribution in [-0.4, -0.2) is 35.6 Å². The molecule has 0 unspecified atom stereocenters. The van der Waals surface area contributed by atoms with Crippen LogP contribution in [0.5, 0.6) is 0 Å². The third-order valence-corrected chi connectivity index (χ3v) is 4.83. The Morgan fingerprint density at radius 3 is 2.85 bits per heavy atom. The van der Waals surface area contributed by atoms with E-state index in [0.29, 0.717) is 0 Å². The van der Waals surface area contributed by atoms with Crippen LogP contribution in [-0.2, 0) is 12.8 Å². The first-order valence-corrected chi connectivity index (χ1v) is 9.62. The van der Waals surface area contributed by atoms with Crippen molar-refractivity contribution in [2.75, 3.05) is 19.6 Å². The van der Waals surface area contributed by atoms with Crippen molar-refractivity contribution >= 4 is 52.2 Å². The fourth-order valence-corrected chi connectivity index (χ4v) is 3.45. The molecule has 7 heteroatoms. The van der Waals surface area contributed by atoms with Gasteiger partial charge >= 0.3 is 0 Å². The van der Waals surface area contributed by atoms with E-state index < -0.39 is 0 Å². The highest BCUT2D eigenvalue weighted by molar-refractivity contribution is 14.0. The van der Waals surface area contributed by atoms with Crippen LogP contribution in [0.3, 0.4) is 0 Å². The number of halogens is 1. The summed E-state index contributed by atoms with van der Waals surface area (Å²) in [6, 6.07) is 8.41. The van der Waals surface area contributed by atoms with Gasteiger partial charge in [0.05, 0.1) is 10.7 Å². The predicted octanol–water partition coefficient (Wildman–Crippen LogP) is 3.89. The number of aliphatic imine (C=N–C) groups is 1. The Kier molecular flexibility index (Phi) is 8.37. The highest BCUT2D eigenvalue weighted by Gasteiger charge is 2.04. The van der Waals surface area contributed by atoms with Crippen molar-refractivity contribution in [2.24, 2.45) is 4.99 Å². The number of guanidine groups is 1. The summed E-state index contributed by atoms with van der Waals surface area (Å²) in [6.45, 7) is 6.57. The van der Waals surface area contributed by atoms with Gasteiger partial charge in [-0.2, -0.15) is 0 Å². The molecule has 0 amide bonds. The average molecular weight is 483 g/mol. The number of aromatic nitrogens is 2. The Hall–Kier alpha value is -1.61. The van der Waals surface area contributed by atoms with Gasteiger partial charge < -0.3 is 15.6 Å². The molecule has 0 aliphatic rings. The first-order valence-electron chi connectivity index (χ1n) is 8.74. The van der Waals surface area contributed by atoms with E-state index in [0.717, 1.165) is 49.1 Å². The minimum atomic E-state index is 0. The van der Waals surface area contributed by atoms with Crippen molar-refractivity contribution in [1.82, 2.24) is 20.6 Å². The van der Waals surface area contributed by atoms with Crippen molar-refractivity contribution in [3.8, 4) is 0 Å². The van der Waals surface area contributed by atoms with Crippen molar-refractivity contribution in [2.45, 2.75) is 26.7 Å². The van der Waals surface area contributed by atoms with Gasteiger partial charge in [0.1, 0.15) is 0 Å². The fourth-order valence-electron chi connectivity index (χ4n) is 2.80. The summed E-state index contributed by atoms with van der Waals surface area (Å²) in [5.41, 5.74) is 3.65. The van der Waals surface area contributed by atoms with E-state index in [2.05, 4.69) is 68.4 Å². The topological polar surface area (TPSA) is 65.1 Å². The second-order valence-electron chi connectivity index (χ2n) is 5.90. The molecule has 140 valence electrons. The van der Waals surface area contributed by atoms with Gasteiger partial charge in [-0.1, -0.05) is 18.2 Å². The normalized spacial score (nSPS) is 11.4. The number of fused-ring (bicyclic) bond motifs is 1. The Balaban J connectivity index is 0.00000243. The van der Waals surface area contributed by atoms with E-state index in [1.165, 1.54) is 16.5 Å². The molecule has 3 aromatic rings. The smallest absolute Gasteiger partial charge is 0.191 e. The molecule has 0 saturated heterocycles. The monoisotopic (exact) mass is 483 g/mol. The lowest BCUT2D eigenvalue weighted by Gasteiger charge is -2.11. The van der Waals surface area contributed by atoms with E-state index in [9.17, 15) is 0 Å². The molecule has 0 aliphatic heterocycles. The lowest BCUT2D eigenvalue weighted by Crippen LogP contribution is -2.38. The molecule has 0 spiro atoms. The predicted molar refractivity (Wildman–Crippen MR) is 122 cm³/mol. The minimum absolute atomic E-state index is 0. The van der Waals surface area contributed by atoms with Gasteiger partial charge in [0.15, 0.2) is 5.96 Å². The van der Waals surface area contributed by atoms with Crippen molar-refractivity contribution in [3.63, 3.8) is 0 Å². The number of thiazole rings is 1. The van der Waals surface area contributed by atoms with Crippen LogP contribution in [0.15, 0.2) is 40.8 Å². The number of aromatic amines is 1. The first-order chi connectivity index (χ1) is 12.3. The maximum absolute atomic E-state index is 4.65. The lowest BCUT2D eigenvalue weighted by atomic mass is 10.1. The second kappa shape index (κ2) is 10.5. The number of H-pyrrole nitrogens is 1. The third-order valence-electron chi connectivity index (χ3n) is 4.01. The van der Waals surface area contributed by atoms with Gasteiger partial charge in [0.2, 0.25) is 0 Å². The standard InChI is InChI=1S/C19H25N5S.HI/c1-3-20-19(22-11-9-16-13-25-14(2)24-16)21-10-8-15-12-23-18-7-5-4-6-17(15)18;/h4-7,12-13,23H,3,8-11H2,1-2H3,(H2,20,21,22);1H. The summed E-state index contributed by atoms with van der Waals surface area (Å²) in [5, 5.41) is 11.3. The van der Waals surface area contributed by atoms with Crippen molar-refractivity contribution < 1.29 is 0 Å². The van der Waals surface area contributed by atoms with Gasteiger partial charge in [0, 0.05) is 48.5 Å². The summed E-state index contributed by atoms with van der Waals surface area (Å²) in [6.07, 6.45) is 3.93. The highest BCUT2D eigenvalue weighted by Crippen LogP contribution is 2.17. The van der Waals surface area contributed by atoms with E-state index in [-0.39, 0.29) is 24.0 Å².